The number of carbonyl (C=O) groups is 1. The van der Waals surface area contributed by atoms with Crippen molar-refractivity contribution in [1.29, 1.82) is 0 Å². The van der Waals surface area contributed by atoms with Crippen LogP contribution < -0.4 is 25.0 Å². The zero-order valence-electron chi connectivity index (χ0n) is 31.5. The molecule has 1 saturated heterocycles. The first-order chi connectivity index (χ1) is 25.4. The van der Waals surface area contributed by atoms with Crippen molar-refractivity contribution < 1.29 is 18.7 Å². The van der Waals surface area contributed by atoms with Crippen molar-refractivity contribution in [1.82, 2.24) is 34.6 Å². The molecular weight excluding hydrogens is 673 g/mol. The molecule has 0 saturated carbocycles. The van der Waals surface area contributed by atoms with Gasteiger partial charge in [0.1, 0.15) is 41.5 Å². The minimum absolute atomic E-state index is 0.184. The van der Waals surface area contributed by atoms with E-state index in [2.05, 4.69) is 38.7 Å². The van der Waals surface area contributed by atoms with Gasteiger partial charge in [0.2, 0.25) is 5.95 Å². The monoisotopic (exact) mass is 723 g/mol. The number of rotatable bonds is 10. The second-order valence-corrected chi connectivity index (χ2v) is 15.4. The van der Waals surface area contributed by atoms with Crippen LogP contribution in [0.4, 0.5) is 21.0 Å². The highest BCUT2D eigenvalue weighted by atomic mass is 19.1. The Morgan fingerprint density at radius 2 is 1.77 bits per heavy atom. The first kappa shape index (κ1) is 36.2. The number of hydrogen-bond acceptors (Lipinski definition) is 8. The van der Waals surface area contributed by atoms with Gasteiger partial charge in [-0.1, -0.05) is 45.0 Å². The molecule has 1 aliphatic carbocycles. The van der Waals surface area contributed by atoms with Gasteiger partial charge in [0, 0.05) is 36.7 Å². The van der Waals surface area contributed by atoms with Crippen molar-refractivity contribution in [3.63, 3.8) is 0 Å². The largest absolute Gasteiger partial charge is 0.492 e. The SMILES string of the molecule is CC1CCCCN1c1nnc2ccc(O[C@@H]3CC[C@H](NC(=O)Nc4cc(C(C)(C)C)nn4-c4cc(OCCN(C)C)ccc4F)c4ccccc43)cn12. The Bertz CT molecular complexity index is 2070. The van der Waals surface area contributed by atoms with Gasteiger partial charge >= 0.3 is 6.03 Å². The summed E-state index contributed by atoms with van der Waals surface area (Å²) in [5.41, 5.74) is 3.33. The van der Waals surface area contributed by atoms with Gasteiger partial charge in [0.05, 0.1) is 17.9 Å². The molecule has 0 spiro atoms. The van der Waals surface area contributed by atoms with Crippen LogP contribution in [0.1, 0.15) is 88.8 Å². The molecule has 7 rings (SSSR count). The summed E-state index contributed by atoms with van der Waals surface area (Å²) in [7, 11) is 3.93. The number of nitrogens with one attached hydrogen (secondary N) is 2. The summed E-state index contributed by atoms with van der Waals surface area (Å²) in [4.78, 5) is 18.1. The smallest absolute Gasteiger partial charge is 0.320 e. The van der Waals surface area contributed by atoms with Crippen LogP contribution in [0.2, 0.25) is 0 Å². The van der Waals surface area contributed by atoms with Crippen molar-refractivity contribution in [2.45, 2.75) is 83.4 Å². The maximum atomic E-state index is 15.4. The minimum atomic E-state index is -0.482. The fourth-order valence-electron chi connectivity index (χ4n) is 7.13. The summed E-state index contributed by atoms with van der Waals surface area (Å²) in [6.07, 6.45) is 6.64. The van der Waals surface area contributed by atoms with Gasteiger partial charge in [0.25, 0.3) is 0 Å². The number of fused-ring (bicyclic) bond motifs is 2. The molecule has 4 heterocycles. The average Bonchev–Trinajstić information content (AvgIpc) is 3.74. The van der Waals surface area contributed by atoms with Gasteiger partial charge in [-0.25, -0.2) is 13.9 Å². The molecule has 5 aromatic rings. The molecule has 12 nitrogen and oxygen atoms in total. The van der Waals surface area contributed by atoms with Gasteiger partial charge in [0.15, 0.2) is 5.65 Å². The van der Waals surface area contributed by atoms with Crippen molar-refractivity contribution in [3.8, 4) is 17.2 Å². The molecule has 2 aliphatic rings. The molecule has 1 aliphatic heterocycles. The number of halogens is 1. The summed E-state index contributed by atoms with van der Waals surface area (Å²) in [5.74, 6) is 1.96. The molecule has 2 amide bonds. The van der Waals surface area contributed by atoms with Gasteiger partial charge in [-0.2, -0.15) is 5.10 Å². The fraction of sp³-hybridized carbons (Fsp3) is 0.450. The third kappa shape index (κ3) is 7.95. The predicted octanol–water partition coefficient (Wildman–Crippen LogP) is 7.45. The minimum Gasteiger partial charge on any atom is -0.492 e. The van der Waals surface area contributed by atoms with Gasteiger partial charge in [-0.15, -0.1) is 10.2 Å². The fourth-order valence-corrected chi connectivity index (χ4v) is 7.13. The molecule has 3 atom stereocenters. The maximum Gasteiger partial charge on any atom is 0.320 e. The van der Waals surface area contributed by atoms with Crippen LogP contribution in [0.3, 0.4) is 0 Å². The Balaban J connectivity index is 1.08. The highest BCUT2D eigenvalue weighted by Gasteiger charge is 2.31. The number of hydrogen-bond donors (Lipinski definition) is 2. The first-order valence-electron chi connectivity index (χ1n) is 18.6. The van der Waals surface area contributed by atoms with E-state index in [0.717, 1.165) is 47.9 Å². The number of aromatic nitrogens is 5. The average molecular weight is 724 g/mol. The Morgan fingerprint density at radius 3 is 2.55 bits per heavy atom. The van der Waals surface area contributed by atoms with Crippen LogP contribution in [0.15, 0.2) is 66.9 Å². The lowest BCUT2D eigenvalue weighted by Gasteiger charge is -2.33. The van der Waals surface area contributed by atoms with Gasteiger partial charge < -0.3 is 24.6 Å². The van der Waals surface area contributed by atoms with E-state index in [0.29, 0.717) is 49.3 Å². The molecule has 2 N–H and O–H groups in total. The van der Waals surface area contributed by atoms with E-state index < -0.39 is 11.8 Å². The van der Waals surface area contributed by atoms with E-state index in [9.17, 15) is 4.79 Å². The molecule has 1 fully saturated rings. The second-order valence-electron chi connectivity index (χ2n) is 15.4. The summed E-state index contributed by atoms with van der Waals surface area (Å²) in [6.45, 7) is 10.4. The number of nitrogens with zero attached hydrogens (tertiary/aromatic N) is 7. The quantitative estimate of drug-likeness (QED) is 0.153. The highest BCUT2D eigenvalue weighted by molar-refractivity contribution is 5.89. The van der Waals surface area contributed by atoms with Crippen molar-refractivity contribution in [2.75, 3.05) is 44.0 Å². The van der Waals surface area contributed by atoms with Crippen LogP contribution >= 0.6 is 0 Å². The molecule has 280 valence electrons. The Hall–Kier alpha value is -5.17. The number of piperidine rings is 1. The van der Waals surface area contributed by atoms with Crippen LogP contribution in [0.25, 0.3) is 11.3 Å². The predicted molar refractivity (Wildman–Crippen MR) is 204 cm³/mol. The topological polar surface area (TPSA) is 114 Å². The third-order valence-electron chi connectivity index (χ3n) is 10.1. The number of likely N-dealkylation sites (N-methyl/N-ethyl adjacent to an activating group) is 1. The number of ether oxygens (including phenoxy) is 2. The zero-order chi connectivity index (χ0) is 37.3. The van der Waals surface area contributed by atoms with E-state index in [1.807, 2.05) is 80.7 Å². The van der Waals surface area contributed by atoms with Crippen LogP contribution in [0, 0.1) is 5.82 Å². The van der Waals surface area contributed by atoms with Crippen molar-refractivity contribution in [2.24, 2.45) is 0 Å². The van der Waals surface area contributed by atoms with Crippen LogP contribution in [0.5, 0.6) is 11.5 Å². The number of carbonyl (C=O) groups excluding carboxylic acids is 1. The van der Waals surface area contributed by atoms with Gasteiger partial charge in [-0.05, 0) is 88.5 Å². The second kappa shape index (κ2) is 15.1. The van der Waals surface area contributed by atoms with Crippen LogP contribution in [-0.2, 0) is 5.41 Å². The zero-order valence-corrected chi connectivity index (χ0v) is 31.5. The first-order valence-corrected chi connectivity index (χ1v) is 18.6. The number of amides is 2. The standard InChI is InChI=1S/C40H50FN9O3/c1-26-11-9-10-20-48(26)39-45-44-36-19-15-28(25-49(36)39)53-34-18-17-32(29-12-7-8-13-30(29)34)42-38(51)43-37-24-35(40(2,3)4)46-50(37)33-23-27(14-16-31(33)41)52-22-21-47(5)6/h7-8,12-16,19,23-26,32,34H,9-11,17-18,20-22H2,1-6H3,(H2,42,43,51)/t26?,32-,34+/m0/s1. The molecule has 13 heteroatoms. The van der Waals surface area contributed by atoms with E-state index in [-0.39, 0.29) is 23.2 Å². The molecule has 2 aromatic carbocycles. The number of anilines is 2. The summed E-state index contributed by atoms with van der Waals surface area (Å²) < 4.78 is 31.4. The Kier molecular flexibility index (Phi) is 10.3. The molecule has 0 radical (unpaired) electrons. The van der Waals surface area contributed by atoms with Crippen LogP contribution in [-0.4, -0.2) is 75.1 Å². The van der Waals surface area contributed by atoms with E-state index >= 15 is 4.39 Å². The lowest BCUT2D eigenvalue weighted by molar-refractivity contribution is 0.171. The van der Waals surface area contributed by atoms with Crippen molar-refractivity contribution >= 4 is 23.4 Å². The number of pyridine rings is 1. The molecule has 0 bridgehead atoms. The molecule has 53 heavy (non-hydrogen) atoms. The highest BCUT2D eigenvalue weighted by Crippen LogP contribution is 2.39. The lowest BCUT2D eigenvalue weighted by Crippen LogP contribution is -2.38. The summed E-state index contributed by atoms with van der Waals surface area (Å²) in [5, 5.41) is 19.8. The number of urea groups is 1. The Morgan fingerprint density at radius 1 is 0.981 bits per heavy atom. The van der Waals surface area contributed by atoms with Gasteiger partial charge in [-0.3, -0.25) is 9.72 Å². The Labute approximate surface area is 310 Å². The van der Waals surface area contributed by atoms with E-state index in [1.165, 1.54) is 17.2 Å². The summed E-state index contributed by atoms with van der Waals surface area (Å²) >= 11 is 0. The third-order valence-corrected chi connectivity index (χ3v) is 10.1. The molecule has 3 aromatic heterocycles. The van der Waals surface area contributed by atoms with E-state index in [1.54, 1.807) is 18.2 Å². The molecule has 1 unspecified atom stereocenters. The summed E-state index contributed by atoms with van der Waals surface area (Å²) in [6, 6.07) is 18.0. The normalized spacial score (nSPS) is 18.9. The lowest BCUT2D eigenvalue weighted by atomic mass is 9.85. The number of benzene rings is 2. The van der Waals surface area contributed by atoms with Crippen molar-refractivity contribution in [3.05, 3.63) is 89.5 Å². The molecular formula is C40H50FN9O3. The van der Waals surface area contributed by atoms with E-state index in [4.69, 9.17) is 14.6 Å². The maximum absolute atomic E-state index is 15.4.